The monoisotopic (exact) mass is 361 g/mol. The normalized spacial score (nSPS) is 15.2. The SMILES string of the molecule is CCNC(=O)Cn1nc(-c2ccc(OCC3(F)COC3)cc2)ccc1=O. The van der Waals surface area contributed by atoms with Gasteiger partial charge in [-0.15, -0.1) is 0 Å². The first kappa shape index (κ1) is 18.1. The van der Waals surface area contributed by atoms with Gasteiger partial charge in [-0.25, -0.2) is 9.07 Å². The molecule has 0 bridgehead atoms. The van der Waals surface area contributed by atoms with E-state index in [1.165, 1.54) is 6.07 Å². The Morgan fingerprint density at radius 3 is 2.65 bits per heavy atom. The van der Waals surface area contributed by atoms with Crippen molar-refractivity contribution in [2.45, 2.75) is 19.1 Å². The van der Waals surface area contributed by atoms with Gasteiger partial charge >= 0.3 is 0 Å². The minimum Gasteiger partial charge on any atom is -0.490 e. The number of nitrogens with zero attached hydrogens (tertiary/aromatic N) is 2. The van der Waals surface area contributed by atoms with Crippen LogP contribution in [0.4, 0.5) is 4.39 Å². The maximum Gasteiger partial charge on any atom is 0.267 e. The van der Waals surface area contributed by atoms with Gasteiger partial charge in [-0.2, -0.15) is 5.10 Å². The Labute approximate surface area is 149 Å². The molecule has 0 spiro atoms. The second kappa shape index (κ2) is 7.65. The van der Waals surface area contributed by atoms with Crippen LogP contribution in [-0.2, 0) is 16.1 Å². The molecule has 0 aliphatic carbocycles. The summed E-state index contributed by atoms with van der Waals surface area (Å²) < 4.78 is 25.3. The number of hydrogen-bond donors (Lipinski definition) is 1. The van der Waals surface area contributed by atoms with Crippen molar-refractivity contribution in [3.63, 3.8) is 0 Å². The van der Waals surface area contributed by atoms with E-state index in [2.05, 4.69) is 10.4 Å². The van der Waals surface area contributed by atoms with E-state index in [0.717, 1.165) is 10.2 Å². The van der Waals surface area contributed by atoms with Gasteiger partial charge in [-0.1, -0.05) is 0 Å². The van der Waals surface area contributed by atoms with Gasteiger partial charge in [0.15, 0.2) is 5.67 Å². The van der Waals surface area contributed by atoms with Gasteiger partial charge in [-0.05, 0) is 37.3 Å². The highest BCUT2D eigenvalue weighted by Crippen LogP contribution is 2.25. The summed E-state index contributed by atoms with van der Waals surface area (Å²) in [6.45, 7) is 2.21. The van der Waals surface area contributed by atoms with Crippen LogP contribution in [0.25, 0.3) is 11.3 Å². The molecule has 1 aromatic carbocycles. The number of carbonyl (C=O) groups excluding carboxylic acids is 1. The van der Waals surface area contributed by atoms with Crippen LogP contribution in [0.2, 0.25) is 0 Å². The summed E-state index contributed by atoms with van der Waals surface area (Å²) in [7, 11) is 0. The van der Waals surface area contributed by atoms with Crippen molar-refractivity contribution in [2.24, 2.45) is 0 Å². The van der Waals surface area contributed by atoms with E-state index in [9.17, 15) is 14.0 Å². The van der Waals surface area contributed by atoms with Gasteiger partial charge in [0.05, 0.1) is 18.9 Å². The fourth-order valence-electron chi connectivity index (χ4n) is 2.45. The fourth-order valence-corrected chi connectivity index (χ4v) is 2.45. The summed E-state index contributed by atoms with van der Waals surface area (Å²) in [5, 5.41) is 6.86. The van der Waals surface area contributed by atoms with Crippen LogP contribution >= 0.6 is 0 Å². The van der Waals surface area contributed by atoms with Crippen LogP contribution in [0.3, 0.4) is 0 Å². The highest BCUT2D eigenvalue weighted by atomic mass is 19.1. The van der Waals surface area contributed by atoms with E-state index < -0.39 is 5.67 Å². The van der Waals surface area contributed by atoms with Crippen LogP contribution in [0.5, 0.6) is 5.75 Å². The molecule has 8 heteroatoms. The fraction of sp³-hybridized carbons (Fsp3) is 0.389. The molecule has 3 rings (SSSR count). The number of rotatable bonds is 7. The molecule has 7 nitrogen and oxygen atoms in total. The predicted octanol–water partition coefficient (Wildman–Crippen LogP) is 1.16. The molecule has 1 aliphatic heterocycles. The summed E-state index contributed by atoms with van der Waals surface area (Å²) in [6, 6.07) is 9.91. The molecule has 2 aromatic rings. The molecule has 0 saturated carbocycles. The summed E-state index contributed by atoms with van der Waals surface area (Å²) in [6.07, 6.45) is 0. The molecular formula is C18H20FN3O4. The number of carbonyl (C=O) groups is 1. The Hall–Kier alpha value is -2.74. The Kier molecular flexibility index (Phi) is 5.32. The third kappa shape index (κ3) is 4.26. The third-order valence-electron chi connectivity index (χ3n) is 3.90. The summed E-state index contributed by atoms with van der Waals surface area (Å²) in [5.41, 5.74) is -0.455. The quantitative estimate of drug-likeness (QED) is 0.800. The number of ether oxygens (including phenoxy) is 2. The molecular weight excluding hydrogens is 341 g/mol. The molecule has 0 unspecified atom stereocenters. The molecule has 1 amide bonds. The Balaban J connectivity index is 1.70. The maximum atomic E-state index is 13.9. The van der Waals surface area contributed by atoms with Crippen molar-refractivity contribution in [2.75, 3.05) is 26.4 Å². The molecule has 1 fully saturated rings. The van der Waals surface area contributed by atoms with Gasteiger partial charge in [0.25, 0.3) is 5.56 Å². The molecule has 1 aromatic heterocycles. The van der Waals surface area contributed by atoms with Gasteiger partial charge in [-0.3, -0.25) is 9.59 Å². The highest BCUT2D eigenvalue weighted by Gasteiger charge is 2.39. The largest absolute Gasteiger partial charge is 0.490 e. The lowest BCUT2D eigenvalue weighted by Gasteiger charge is -2.33. The topological polar surface area (TPSA) is 82.5 Å². The summed E-state index contributed by atoms with van der Waals surface area (Å²) in [4.78, 5) is 23.5. The number of nitrogens with one attached hydrogen (secondary N) is 1. The third-order valence-corrected chi connectivity index (χ3v) is 3.90. The zero-order valence-corrected chi connectivity index (χ0v) is 14.4. The van der Waals surface area contributed by atoms with Crippen molar-refractivity contribution < 1.29 is 18.7 Å². The smallest absolute Gasteiger partial charge is 0.267 e. The Bertz CT molecular complexity index is 831. The number of hydrogen-bond acceptors (Lipinski definition) is 5. The second-order valence-electron chi connectivity index (χ2n) is 6.12. The van der Waals surface area contributed by atoms with Crippen molar-refractivity contribution in [1.29, 1.82) is 0 Å². The van der Waals surface area contributed by atoms with Gasteiger partial charge in [0.2, 0.25) is 5.91 Å². The molecule has 0 radical (unpaired) electrons. The number of aromatic nitrogens is 2. The molecule has 0 atom stereocenters. The van der Waals surface area contributed by atoms with Gasteiger partial charge in [0.1, 0.15) is 18.9 Å². The van der Waals surface area contributed by atoms with Crippen LogP contribution in [0.1, 0.15) is 6.92 Å². The van der Waals surface area contributed by atoms with E-state index in [4.69, 9.17) is 9.47 Å². The minimum atomic E-state index is -1.41. The van der Waals surface area contributed by atoms with E-state index in [1.807, 2.05) is 0 Å². The van der Waals surface area contributed by atoms with Crippen LogP contribution < -0.4 is 15.6 Å². The first-order valence-corrected chi connectivity index (χ1v) is 8.34. The standard InChI is InChI=1S/C18H20FN3O4/c1-2-20-16(23)9-22-17(24)8-7-15(21-22)13-3-5-14(6-4-13)26-12-18(19)10-25-11-18/h3-8H,2,9-12H2,1H3,(H,20,23). The molecule has 1 aliphatic rings. The predicted molar refractivity (Wildman–Crippen MR) is 92.8 cm³/mol. The van der Waals surface area contributed by atoms with Gasteiger partial charge in [0, 0.05) is 18.2 Å². The Morgan fingerprint density at radius 2 is 2.04 bits per heavy atom. The second-order valence-corrected chi connectivity index (χ2v) is 6.12. The van der Waals surface area contributed by atoms with E-state index in [0.29, 0.717) is 18.0 Å². The Morgan fingerprint density at radius 1 is 1.31 bits per heavy atom. The zero-order valence-electron chi connectivity index (χ0n) is 14.4. The molecule has 2 heterocycles. The van der Waals surface area contributed by atoms with Crippen molar-refractivity contribution >= 4 is 5.91 Å². The van der Waals surface area contributed by atoms with Gasteiger partial charge < -0.3 is 14.8 Å². The van der Waals surface area contributed by atoms with E-state index >= 15 is 0 Å². The lowest BCUT2D eigenvalue weighted by molar-refractivity contribution is -0.146. The molecule has 138 valence electrons. The average molecular weight is 361 g/mol. The molecule has 1 N–H and O–H groups in total. The molecule has 1 saturated heterocycles. The zero-order chi connectivity index (χ0) is 18.6. The van der Waals surface area contributed by atoms with E-state index in [1.54, 1.807) is 37.3 Å². The lowest BCUT2D eigenvalue weighted by atomic mass is 10.1. The molecule has 26 heavy (non-hydrogen) atoms. The van der Waals surface area contributed by atoms with Crippen LogP contribution in [0, 0.1) is 0 Å². The summed E-state index contributed by atoms with van der Waals surface area (Å²) in [5.74, 6) is 0.261. The summed E-state index contributed by atoms with van der Waals surface area (Å²) >= 11 is 0. The minimum absolute atomic E-state index is 0.0536. The lowest BCUT2D eigenvalue weighted by Crippen LogP contribution is -2.50. The van der Waals surface area contributed by atoms with Crippen molar-refractivity contribution in [3.8, 4) is 17.0 Å². The van der Waals surface area contributed by atoms with Crippen LogP contribution in [0.15, 0.2) is 41.2 Å². The van der Waals surface area contributed by atoms with Crippen molar-refractivity contribution in [3.05, 3.63) is 46.8 Å². The average Bonchev–Trinajstić information content (AvgIpc) is 2.61. The maximum absolute atomic E-state index is 13.9. The van der Waals surface area contributed by atoms with Crippen molar-refractivity contribution in [1.82, 2.24) is 15.1 Å². The number of halogens is 1. The van der Waals surface area contributed by atoms with E-state index in [-0.39, 0.29) is 37.8 Å². The number of benzene rings is 1. The highest BCUT2D eigenvalue weighted by molar-refractivity contribution is 5.75. The number of likely N-dealkylation sites (N-methyl/N-ethyl adjacent to an activating group) is 1. The first-order valence-electron chi connectivity index (χ1n) is 8.34. The number of amides is 1. The number of alkyl halides is 1. The first-order chi connectivity index (χ1) is 12.5. The van der Waals surface area contributed by atoms with Crippen LogP contribution in [-0.4, -0.2) is 47.7 Å².